The van der Waals surface area contributed by atoms with E-state index < -0.39 is 0 Å². The van der Waals surface area contributed by atoms with Gasteiger partial charge in [0.05, 0.1) is 6.54 Å². The topological polar surface area (TPSA) is 41.1 Å². The van der Waals surface area contributed by atoms with Crippen molar-refractivity contribution in [3.8, 4) is 0 Å². The van der Waals surface area contributed by atoms with Gasteiger partial charge >= 0.3 is 0 Å². The van der Waals surface area contributed by atoms with Gasteiger partial charge in [-0.05, 0) is 18.8 Å². The fourth-order valence-electron chi connectivity index (χ4n) is 1.82. The Labute approximate surface area is 86.0 Å². The van der Waals surface area contributed by atoms with Crippen molar-refractivity contribution in [3.63, 3.8) is 0 Å². The van der Waals surface area contributed by atoms with E-state index in [0.29, 0.717) is 13.1 Å². The van der Waals surface area contributed by atoms with Gasteiger partial charge in [0.2, 0.25) is 5.91 Å². The lowest BCUT2D eigenvalue weighted by molar-refractivity contribution is -0.120. The monoisotopic (exact) mass is 196 g/mol. The summed E-state index contributed by atoms with van der Waals surface area (Å²) in [5, 5.41) is 5.93. The highest BCUT2D eigenvalue weighted by molar-refractivity contribution is 5.77. The van der Waals surface area contributed by atoms with Crippen LogP contribution in [0.4, 0.5) is 0 Å². The first-order valence-electron chi connectivity index (χ1n) is 5.41. The SMILES string of the molecule is C=CCNCC(=O)NCC1CCCC1. The molecule has 1 aliphatic carbocycles. The van der Waals surface area contributed by atoms with Crippen LogP contribution in [0.1, 0.15) is 25.7 Å². The molecule has 0 bridgehead atoms. The minimum absolute atomic E-state index is 0.0961. The van der Waals surface area contributed by atoms with Crippen LogP contribution in [-0.4, -0.2) is 25.5 Å². The summed E-state index contributed by atoms with van der Waals surface area (Å²) >= 11 is 0. The van der Waals surface area contributed by atoms with Crippen molar-refractivity contribution in [2.75, 3.05) is 19.6 Å². The Morgan fingerprint density at radius 1 is 1.43 bits per heavy atom. The van der Waals surface area contributed by atoms with Crippen molar-refractivity contribution in [2.45, 2.75) is 25.7 Å². The molecular weight excluding hydrogens is 176 g/mol. The molecule has 0 aromatic carbocycles. The molecule has 1 fully saturated rings. The standard InChI is InChI=1S/C11H20N2O/c1-2-7-12-9-11(14)13-8-10-5-3-4-6-10/h2,10,12H,1,3-9H2,(H,13,14). The van der Waals surface area contributed by atoms with Gasteiger partial charge in [0.15, 0.2) is 0 Å². The van der Waals surface area contributed by atoms with Gasteiger partial charge in [-0.25, -0.2) is 0 Å². The molecule has 0 aromatic rings. The second-order valence-electron chi connectivity index (χ2n) is 3.87. The molecule has 0 saturated heterocycles. The van der Waals surface area contributed by atoms with Gasteiger partial charge in [0.25, 0.3) is 0 Å². The van der Waals surface area contributed by atoms with Gasteiger partial charge in [-0.15, -0.1) is 6.58 Å². The van der Waals surface area contributed by atoms with E-state index in [2.05, 4.69) is 17.2 Å². The Morgan fingerprint density at radius 2 is 2.14 bits per heavy atom. The second-order valence-corrected chi connectivity index (χ2v) is 3.87. The average Bonchev–Trinajstić information content (AvgIpc) is 2.68. The molecule has 3 nitrogen and oxygen atoms in total. The van der Waals surface area contributed by atoms with Gasteiger partial charge in [0.1, 0.15) is 0 Å². The zero-order valence-corrected chi connectivity index (χ0v) is 8.72. The van der Waals surface area contributed by atoms with Crippen molar-refractivity contribution >= 4 is 5.91 Å². The molecule has 0 spiro atoms. The third-order valence-electron chi connectivity index (χ3n) is 2.64. The third-order valence-corrected chi connectivity index (χ3v) is 2.64. The number of amides is 1. The van der Waals surface area contributed by atoms with Crippen LogP contribution in [0, 0.1) is 5.92 Å². The molecule has 0 atom stereocenters. The van der Waals surface area contributed by atoms with Crippen LogP contribution in [0.2, 0.25) is 0 Å². The Hall–Kier alpha value is -0.830. The Kier molecular flexibility index (Phi) is 5.30. The Bertz CT molecular complexity index is 186. The van der Waals surface area contributed by atoms with Crippen LogP contribution in [0.5, 0.6) is 0 Å². The summed E-state index contributed by atoms with van der Waals surface area (Å²) in [6.45, 7) is 5.52. The smallest absolute Gasteiger partial charge is 0.233 e. The van der Waals surface area contributed by atoms with Gasteiger partial charge in [-0.1, -0.05) is 18.9 Å². The first-order chi connectivity index (χ1) is 6.83. The number of nitrogens with one attached hydrogen (secondary N) is 2. The van der Waals surface area contributed by atoms with Crippen LogP contribution in [0.15, 0.2) is 12.7 Å². The molecule has 0 aliphatic heterocycles. The average molecular weight is 196 g/mol. The van der Waals surface area contributed by atoms with Crippen LogP contribution in [0.3, 0.4) is 0 Å². The zero-order chi connectivity index (χ0) is 10.2. The minimum atomic E-state index is 0.0961. The summed E-state index contributed by atoms with van der Waals surface area (Å²) in [6.07, 6.45) is 6.97. The third kappa shape index (κ3) is 4.42. The van der Waals surface area contributed by atoms with Crippen molar-refractivity contribution in [1.82, 2.24) is 10.6 Å². The maximum Gasteiger partial charge on any atom is 0.233 e. The Morgan fingerprint density at radius 3 is 2.79 bits per heavy atom. The van der Waals surface area contributed by atoms with E-state index in [9.17, 15) is 4.79 Å². The number of carbonyl (C=O) groups is 1. The largest absolute Gasteiger partial charge is 0.355 e. The van der Waals surface area contributed by atoms with Gasteiger partial charge < -0.3 is 10.6 Å². The van der Waals surface area contributed by atoms with E-state index in [1.807, 2.05) is 0 Å². The van der Waals surface area contributed by atoms with Gasteiger partial charge in [-0.3, -0.25) is 4.79 Å². The summed E-state index contributed by atoms with van der Waals surface area (Å²) < 4.78 is 0. The molecule has 0 radical (unpaired) electrons. The Balaban J connectivity index is 1.99. The van der Waals surface area contributed by atoms with Gasteiger partial charge in [-0.2, -0.15) is 0 Å². The van der Waals surface area contributed by atoms with E-state index in [-0.39, 0.29) is 5.91 Å². The molecular formula is C11H20N2O. The maximum absolute atomic E-state index is 11.3. The number of rotatable bonds is 6. The fraction of sp³-hybridized carbons (Fsp3) is 0.727. The van der Waals surface area contributed by atoms with Crippen molar-refractivity contribution < 1.29 is 4.79 Å². The molecule has 14 heavy (non-hydrogen) atoms. The number of carbonyl (C=O) groups excluding carboxylic acids is 1. The quantitative estimate of drug-likeness (QED) is 0.493. The summed E-state index contributed by atoms with van der Waals surface area (Å²) in [5.41, 5.74) is 0. The molecule has 3 heteroatoms. The zero-order valence-electron chi connectivity index (χ0n) is 8.72. The number of hydrogen-bond donors (Lipinski definition) is 2. The lowest BCUT2D eigenvalue weighted by Gasteiger charge is -2.10. The molecule has 80 valence electrons. The van der Waals surface area contributed by atoms with Gasteiger partial charge in [0, 0.05) is 13.1 Å². The second kappa shape index (κ2) is 6.60. The molecule has 1 aliphatic rings. The molecule has 1 amide bonds. The predicted molar refractivity (Wildman–Crippen MR) is 58.0 cm³/mol. The first-order valence-corrected chi connectivity index (χ1v) is 5.41. The van der Waals surface area contributed by atoms with E-state index in [1.54, 1.807) is 6.08 Å². The molecule has 2 N–H and O–H groups in total. The highest BCUT2D eigenvalue weighted by Gasteiger charge is 2.15. The summed E-state index contributed by atoms with van der Waals surface area (Å²) in [6, 6.07) is 0. The van der Waals surface area contributed by atoms with E-state index in [0.717, 1.165) is 12.5 Å². The van der Waals surface area contributed by atoms with Crippen molar-refractivity contribution in [2.24, 2.45) is 5.92 Å². The normalized spacial score (nSPS) is 16.9. The highest BCUT2D eigenvalue weighted by Crippen LogP contribution is 2.23. The lowest BCUT2D eigenvalue weighted by atomic mass is 10.1. The van der Waals surface area contributed by atoms with Crippen LogP contribution in [0.25, 0.3) is 0 Å². The summed E-state index contributed by atoms with van der Waals surface area (Å²) in [4.78, 5) is 11.3. The van der Waals surface area contributed by atoms with Crippen LogP contribution in [-0.2, 0) is 4.79 Å². The fourth-order valence-corrected chi connectivity index (χ4v) is 1.82. The molecule has 0 aromatic heterocycles. The molecule has 1 saturated carbocycles. The maximum atomic E-state index is 11.3. The highest BCUT2D eigenvalue weighted by atomic mass is 16.1. The first kappa shape index (κ1) is 11.2. The summed E-state index contributed by atoms with van der Waals surface area (Å²) in [5.74, 6) is 0.817. The van der Waals surface area contributed by atoms with E-state index >= 15 is 0 Å². The van der Waals surface area contributed by atoms with Crippen LogP contribution < -0.4 is 10.6 Å². The molecule has 0 heterocycles. The lowest BCUT2D eigenvalue weighted by Crippen LogP contribution is -2.36. The molecule has 0 unspecified atom stereocenters. The van der Waals surface area contributed by atoms with Crippen molar-refractivity contribution in [1.29, 1.82) is 0 Å². The summed E-state index contributed by atoms with van der Waals surface area (Å²) in [7, 11) is 0. The van der Waals surface area contributed by atoms with E-state index in [4.69, 9.17) is 0 Å². The van der Waals surface area contributed by atoms with E-state index in [1.165, 1.54) is 25.7 Å². The van der Waals surface area contributed by atoms with Crippen LogP contribution >= 0.6 is 0 Å². The molecule has 1 rings (SSSR count). The minimum Gasteiger partial charge on any atom is -0.355 e. The van der Waals surface area contributed by atoms with Crippen molar-refractivity contribution in [3.05, 3.63) is 12.7 Å². The predicted octanol–water partition coefficient (Wildman–Crippen LogP) is 1.07. The number of hydrogen-bond acceptors (Lipinski definition) is 2.